The van der Waals surface area contributed by atoms with Gasteiger partial charge in [-0.15, -0.1) is 0 Å². The Morgan fingerprint density at radius 3 is 2.52 bits per heavy atom. The number of nitrogens with one attached hydrogen (secondary N) is 1. The molecule has 0 aliphatic carbocycles. The molecule has 0 aromatic heterocycles. The summed E-state index contributed by atoms with van der Waals surface area (Å²) in [5.74, 6) is -0.206. The summed E-state index contributed by atoms with van der Waals surface area (Å²) in [6.45, 7) is 2.53. The predicted molar refractivity (Wildman–Crippen MR) is 125 cm³/mol. The van der Waals surface area contributed by atoms with Crippen molar-refractivity contribution in [1.82, 2.24) is 4.90 Å². The van der Waals surface area contributed by atoms with Gasteiger partial charge in [0.25, 0.3) is 5.91 Å². The number of rotatable bonds is 7. The van der Waals surface area contributed by atoms with Crippen LogP contribution in [0, 0.1) is 0 Å². The molecule has 1 heterocycles. The molecular formula is C22H21ClN2O2S2. The van der Waals surface area contributed by atoms with E-state index in [1.54, 1.807) is 29.2 Å². The normalized spacial score (nSPS) is 15.2. The third-order valence-corrected chi connectivity index (χ3v) is 6.10. The highest BCUT2D eigenvalue weighted by Gasteiger charge is 2.31. The Labute approximate surface area is 185 Å². The van der Waals surface area contributed by atoms with E-state index in [-0.39, 0.29) is 11.8 Å². The number of benzene rings is 2. The van der Waals surface area contributed by atoms with Gasteiger partial charge in [-0.2, -0.15) is 0 Å². The van der Waals surface area contributed by atoms with Crippen LogP contribution in [0.3, 0.4) is 0 Å². The highest BCUT2D eigenvalue weighted by molar-refractivity contribution is 8.26. The molecule has 1 fully saturated rings. The van der Waals surface area contributed by atoms with Crippen molar-refractivity contribution in [3.8, 4) is 0 Å². The first-order valence-electron chi connectivity index (χ1n) is 9.36. The average molecular weight is 445 g/mol. The number of carbonyl (C=O) groups excluding carboxylic acids is 2. The summed E-state index contributed by atoms with van der Waals surface area (Å²) >= 11 is 12.5. The summed E-state index contributed by atoms with van der Waals surface area (Å²) in [6, 6.07) is 15.1. The Balaban J connectivity index is 1.52. The van der Waals surface area contributed by atoms with Crippen molar-refractivity contribution in [2.45, 2.75) is 26.2 Å². The Kier molecular flexibility index (Phi) is 7.47. The van der Waals surface area contributed by atoms with E-state index in [9.17, 15) is 9.59 Å². The summed E-state index contributed by atoms with van der Waals surface area (Å²) in [4.78, 5) is 27.0. The van der Waals surface area contributed by atoms with Crippen LogP contribution in [-0.4, -0.2) is 27.6 Å². The smallest absolute Gasteiger partial charge is 0.266 e. The number of anilines is 1. The van der Waals surface area contributed by atoms with Crippen molar-refractivity contribution in [3.05, 3.63) is 69.6 Å². The van der Waals surface area contributed by atoms with E-state index in [4.69, 9.17) is 23.8 Å². The molecule has 150 valence electrons. The fraction of sp³-hybridized carbons (Fsp3) is 0.227. The number of thiocarbonyl (C=S) groups is 1. The van der Waals surface area contributed by atoms with Gasteiger partial charge in [0.2, 0.25) is 5.91 Å². The lowest BCUT2D eigenvalue weighted by molar-refractivity contribution is -0.122. The van der Waals surface area contributed by atoms with E-state index < -0.39 is 0 Å². The maximum Gasteiger partial charge on any atom is 0.266 e. The SMILES string of the molecule is CCc1ccc(/C=C2/SC(=S)N(CCCC(=O)Nc3ccc(Cl)cc3)C2=O)cc1. The summed E-state index contributed by atoms with van der Waals surface area (Å²) < 4.78 is 0.532. The molecule has 0 unspecified atom stereocenters. The summed E-state index contributed by atoms with van der Waals surface area (Å²) in [5, 5.41) is 3.43. The molecule has 1 N–H and O–H groups in total. The molecule has 1 aliphatic heterocycles. The Morgan fingerprint density at radius 1 is 1.17 bits per heavy atom. The van der Waals surface area contributed by atoms with Crippen molar-refractivity contribution < 1.29 is 9.59 Å². The molecule has 0 atom stereocenters. The number of hydrogen-bond donors (Lipinski definition) is 1. The lowest BCUT2D eigenvalue weighted by Gasteiger charge is -2.14. The van der Waals surface area contributed by atoms with Gasteiger partial charge in [-0.3, -0.25) is 14.5 Å². The Morgan fingerprint density at radius 2 is 1.86 bits per heavy atom. The molecule has 1 aliphatic rings. The standard InChI is InChI=1S/C22H21ClN2O2S2/c1-2-15-5-7-16(8-6-15)14-19-21(27)25(22(28)29-19)13-3-4-20(26)24-18-11-9-17(23)10-12-18/h5-12,14H,2-4,13H2,1H3,(H,24,26)/b19-14+. The second-order valence-electron chi connectivity index (χ2n) is 6.59. The van der Waals surface area contributed by atoms with Crippen LogP contribution in [0.1, 0.15) is 30.9 Å². The number of nitrogens with zero attached hydrogens (tertiary/aromatic N) is 1. The minimum absolute atomic E-state index is 0.0994. The van der Waals surface area contributed by atoms with Crippen LogP contribution < -0.4 is 5.32 Å². The number of hydrogen-bond acceptors (Lipinski definition) is 4. The van der Waals surface area contributed by atoms with Gasteiger partial charge in [-0.1, -0.05) is 66.8 Å². The molecule has 4 nitrogen and oxygen atoms in total. The molecule has 0 radical (unpaired) electrons. The van der Waals surface area contributed by atoms with Crippen molar-refractivity contribution in [2.75, 3.05) is 11.9 Å². The minimum atomic E-state index is -0.107. The topological polar surface area (TPSA) is 49.4 Å². The maximum atomic E-state index is 12.7. The zero-order chi connectivity index (χ0) is 20.8. The highest BCUT2D eigenvalue weighted by atomic mass is 35.5. The minimum Gasteiger partial charge on any atom is -0.326 e. The molecular weight excluding hydrogens is 424 g/mol. The third kappa shape index (κ3) is 5.92. The van der Waals surface area contributed by atoms with Gasteiger partial charge in [0.05, 0.1) is 4.91 Å². The van der Waals surface area contributed by atoms with Crippen molar-refractivity contribution in [3.63, 3.8) is 0 Å². The number of amides is 2. The summed E-state index contributed by atoms with van der Waals surface area (Å²) in [6.07, 6.45) is 3.68. The number of thioether (sulfide) groups is 1. The van der Waals surface area contributed by atoms with Crippen LogP contribution in [0.2, 0.25) is 5.02 Å². The van der Waals surface area contributed by atoms with Crippen LogP contribution in [0.5, 0.6) is 0 Å². The average Bonchev–Trinajstić information content (AvgIpc) is 2.97. The maximum absolute atomic E-state index is 12.7. The third-order valence-electron chi connectivity index (χ3n) is 4.47. The second-order valence-corrected chi connectivity index (χ2v) is 8.70. The molecule has 7 heteroatoms. The molecule has 2 aromatic carbocycles. The summed E-state index contributed by atoms with van der Waals surface area (Å²) in [5.41, 5.74) is 2.93. The van der Waals surface area contributed by atoms with Gasteiger partial charge in [0, 0.05) is 23.7 Å². The van der Waals surface area contributed by atoms with Gasteiger partial charge < -0.3 is 5.32 Å². The molecule has 0 bridgehead atoms. The van der Waals surface area contributed by atoms with Crippen molar-refractivity contribution in [2.24, 2.45) is 0 Å². The van der Waals surface area contributed by atoms with Crippen LogP contribution in [0.4, 0.5) is 5.69 Å². The first-order chi connectivity index (χ1) is 14.0. The van der Waals surface area contributed by atoms with E-state index in [1.165, 1.54) is 17.3 Å². The quantitative estimate of drug-likeness (QED) is 0.451. The molecule has 0 spiro atoms. The van der Waals surface area contributed by atoms with Gasteiger partial charge in [-0.25, -0.2) is 0 Å². The second kappa shape index (κ2) is 10.1. The van der Waals surface area contributed by atoms with E-state index >= 15 is 0 Å². The zero-order valence-corrected chi connectivity index (χ0v) is 18.4. The number of carbonyl (C=O) groups is 2. The first-order valence-corrected chi connectivity index (χ1v) is 11.0. The first kappa shape index (κ1) is 21.6. The van der Waals surface area contributed by atoms with E-state index in [2.05, 4.69) is 24.4 Å². The fourth-order valence-electron chi connectivity index (χ4n) is 2.85. The largest absolute Gasteiger partial charge is 0.326 e. The van der Waals surface area contributed by atoms with Gasteiger partial charge in [0.15, 0.2) is 0 Å². The molecule has 2 amide bonds. The van der Waals surface area contributed by atoms with Crippen LogP contribution >= 0.6 is 35.6 Å². The van der Waals surface area contributed by atoms with E-state index in [0.29, 0.717) is 39.3 Å². The van der Waals surface area contributed by atoms with Crippen molar-refractivity contribution in [1.29, 1.82) is 0 Å². The van der Waals surface area contributed by atoms with Crippen LogP contribution in [-0.2, 0) is 16.0 Å². The highest BCUT2D eigenvalue weighted by Crippen LogP contribution is 2.32. The monoisotopic (exact) mass is 444 g/mol. The molecule has 1 saturated heterocycles. The van der Waals surface area contributed by atoms with Crippen LogP contribution in [0.25, 0.3) is 6.08 Å². The molecule has 2 aromatic rings. The van der Waals surface area contributed by atoms with E-state index in [0.717, 1.165) is 12.0 Å². The number of aryl methyl sites for hydroxylation is 1. The molecule has 0 saturated carbocycles. The van der Waals surface area contributed by atoms with Gasteiger partial charge in [-0.05, 0) is 54.3 Å². The van der Waals surface area contributed by atoms with Crippen LogP contribution in [0.15, 0.2) is 53.4 Å². The lowest BCUT2D eigenvalue weighted by Crippen LogP contribution is -2.29. The zero-order valence-electron chi connectivity index (χ0n) is 16.0. The Bertz CT molecular complexity index is 940. The predicted octanol–water partition coefficient (Wildman–Crippen LogP) is 5.52. The van der Waals surface area contributed by atoms with Gasteiger partial charge in [0.1, 0.15) is 4.32 Å². The Hall–Kier alpha value is -2.15. The van der Waals surface area contributed by atoms with Gasteiger partial charge >= 0.3 is 0 Å². The molecule has 29 heavy (non-hydrogen) atoms. The lowest BCUT2D eigenvalue weighted by atomic mass is 10.1. The number of halogens is 1. The van der Waals surface area contributed by atoms with E-state index in [1.807, 2.05) is 18.2 Å². The summed E-state index contributed by atoms with van der Waals surface area (Å²) in [7, 11) is 0. The molecule has 3 rings (SSSR count). The fourth-order valence-corrected chi connectivity index (χ4v) is 4.28. The van der Waals surface area contributed by atoms with Crippen molar-refractivity contribution >= 4 is 63.5 Å².